The van der Waals surface area contributed by atoms with Crippen molar-refractivity contribution in [1.82, 2.24) is 10.6 Å². The first-order valence-electron chi connectivity index (χ1n) is 8.15. The maximum absolute atomic E-state index is 12.3. The van der Waals surface area contributed by atoms with Crippen LogP contribution in [-0.4, -0.2) is 13.1 Å². The Kier molecular flexibility index (Phi) is 5.90. The van der Waals surface area contributed by atoms with Gasteiger partial charge in [-0.15, -0.1) is 0 Å². The van der Waals surface area contributed by atoms with Crippen LogP contribution in [0.25, 0.3) is 0 Å². The molecule has 0 aliphatic rings. The first-order valence-corrected chi connectivity index (χ1v) is 8.15. The van der Waals surface area contributed by atoms with E-state index in [0.717, 1.165) is 28.4 Å². The summed E-state index contributed by atoms with van der Waals surface area (Å²) in [5, 5.41) is 5.94. The molecule has 1 aromatic heterocycles. The highest BCUT2D eigenvalue weighted by molar-refractivity contribution is 5.74. The Balaban J connectivity index is 1.98. The van der Waals surface area contributed by atoms with Gasteiger partial charge in [-0.1, -0.05) is 26.0 Å². The Morgan fingerprint density at radius 2 is 1.88 bits per heavy atom. The average molecular weight is 330 g/mol. The van der Waals surface area contributed by atoms with Crippen LogP contribution in [0, 0.1) is 19.8 Å². The minimum Gasteiger partial charge on any atom is -0.497 e. The summed E-state index contributed by atoms with van der Waals surface area (Å²) in [6.07, 6.45) is 0. The van der Waals surface area contributed by atoms with Crippen LogP contribution < -0.4 is 15.4 Å². The van der Waals surface area contributed by atoms with E-state index in [4.69, 9.17) is 9.15 Å². The van der Waals surface area contributed by atoms with Crippen molar-refractivity contribution >= 4 is 6.03 Å². The molecule has 0 saturated carbocycles. The van der Waals surface area contributed by atoms with E-state index < -0.39 is 0 Å². The summed E-state index contributed by atoms with van der Waals surface area (Å²) in [7, 11) is 1.64. The third kappa shape index (κ3) is 4.54. The normalized spacial score (nSPS) is 12.1. The van der Waals surface area contributed by atoms with Crippen LogP contribution >= 0.6 is 0 Å². The number of benzene rings is 1. The lowest BCUT2D eigenvalue weighted by Gasteiger charge is -2.23. The minimum absolute atomic E-state index is 0.0666. The molecule has 0 radical (unpaired) electrons. The van der Waals surface area contributed by atoms with E-state index in [-0.39, 0.29) is 18.0 Å². The first-order chi connectivity index (χ1) is 11.4. The minimum atomic E-state index is -0.192. The number of amides is 2. The second kappa shape index (κ2) is 7.90. The van der Waals surface area contributed by atoms with Gasteiger partial charge < -0.3 is 19.8 Å². The number of ether oxygens (including phenoxy) is 1. The van der Waals surface area contributed by atoms with Crippen LogP contribution in [0.15, 0.2) is 34.7 Å². The highest BCUT2D eigenvalue weighted by Crippen LogP contribution is 2.23. The molecule has 5 heteroatoms. The molecule has 0 aliphatic carbocycles. The maximum atomic E-state index is 12.3. The predicted molar refractivity (Wildman–Crippen MR) is 94.1 cm³/mol. The number of carbonyl (C=O) groups is 1. The second-order valence-electron chi connectivity index (χ2n) is 6.26. The van der Waals surface area contributed by atoms with Gasteiger partial charge in [0.05, 0.1) is 13.2 Å². The molecule has 1 atom stereocenters. The number of methoxy groups -OCH3 is 1. The van der Waals surface area contributed by atoms with Crippen LogP contribution in [0.3, 0.4) is 0 Å². The van der Waals surface area contributed by atoms with Gasteiger partial charge in [-0.05, 0) is 43.5 Å². The van der Waals surface area contributed by atoms with Gasteiger partial charge in [-0.2, -0.15) is 0 Å². The van der Waals surface area contributed by atoms with E-state index >= 15 is 0 Å². The van der Waals surface area contributed by atoms with Gasteiger partial charge in [0.25, 0.3) is 0 Å². The topological polar surface area (TPSA) is 63.5 Å². The van der Waals surface area contributed by atoms with Crippen LogP contribution in [0.5, 0.6) is 5.75 Å². The van der Waals surface area contributed by atoms with Crippen LogP contribution in [0.4, 0.5) is 4.79 Å². The van der Waals surface area contributed by atoms with Crippen LogP contribution in [-0.2, 0) is 6.54 Å². The third-order valence-corrected chi connectivity index (χ3v) is 4.01. The van der Waals surface area contributed by atoms with Crippen molar-refractivity contribution in [3.05, 3.63) is 53.0 Å². The molecule has 2 N–H and O–H groups in total. The highest BCUT2D eigenvalue weighted by Gasteiger charge is 2.18. The molecule has 0 saturated heterocycles. The fourth-order valence-electron chi connectivity index (χ4n) is 2.67. The number of nitrogens with one attached hydrogen (secondary N) is 2. The van der Waals surface area contributed by atoms with E-state index in [1.54, 1.807) is 7.11 Å². The Morgan fingerprint density at radius 1 is 1.21 bits per heavy atom. The third-order valence-electron chi connectivity index (χ3n) is 4.01. The lowest BCUT2D eigenvalue weighted by atomic mass is 9.96. The van der Waals surface area contributed by atoms with E-state index in [2.05, 4.69) is 24.5 Å². The fraction of sp³-hybridized carbons (Fsp3) is 0.421. The number of carbonyl (C=O) groups excluding carboxylic acids is 1. The van der Waals surface area contributed by atoms with Crippen molar-refractivity contribution < 1.29 is 13.9 Å². The standard InChI is InChI=1S/C19H26N2O3/c1-12(2)18(15-6-8-17(23-5)9-7-15)21-19(22)20-11-16-10-13(3)24-14(16)4/h6-10,12,18H,11H2,1-5H3,(H2,20,21,22). The Labute approximate surface area is 143 Å². The van der Waals surface area contributed by atoms with Gasteiger partial charge >= 0.3 is 6.03 Å². The molecule has 2 aromatic rings. The lowest BCUT2D eigenvalue weighted by Crippen LogP contribution is -2.39. The number of hydrogen-bond acceptors (Lipinski definition) is 3. The zero-order valence-corrected chi connectivity index (χ0v) is 15.0. The Bertz CT molecular complexity index is 674. The maximum Gasteiger partial charge on any atom is 0.315 e. The van der Waals surface area contributed by atoms with Crippen molar-refractivity contribution in [3.63, 3.8) is 0 Å². The smallest absolute Gasteiger partial charge is 0.315 e. The highest BCUT2D eigenvalue weighted by atomic mass is 16.5. The number of aryl methyl sites for hydroxylation is 2. The molecule has 0 aliphatic heterocycles. The molecule has 0 bridgehead atoms. The number of hydrogen-bond donors (Lipinski definition) is 2. The monoisotopic (exact) mass is 330 g/mol. The first kappa shape index (κ1) is 17.9. The van der Waals surface area contributed by atoms with Gasteiger partial charge in [0.1, 0.15) is 17.3 Å². The summed E-state index contributed by atoms with van der Waals surface area (Å²) in [6.45, 7) is 8.41. The van der Waals surface area contributed by atoms with Crippen molar-refractivity contribution in [3.8, 4) is 5.75 Å². The quantitative estimate of drug-likeness (QED) is 0.838. The molecule has 5 nitrogen and oxygen atoms in total. The molecule has 2 amide bonds. The molecule has 0 fully saturated rings. The number of urea groups is 1. The fourth-order valence-corrected chi connectivity index (χ4v) is 2.67. The lowest BCUT2D eigenvalue weighted by molar-refractivity contribution is 0.232. The second-order valence-corrected chi connectivity index (χ2v) is 6.26. The van der Waals surface area contributed by atoms with Crippen molar-refractivity contribution in [2.75, 3.05) is 7.11 Å². The zero-order chi connectivity index (χ0) is 17.7. The van der Waals surface area contributed by atoms with Gasteiger partial charge in [0.15, 0.2) is 0 Å². The predicted octanol–water partition coefficient (Wildman–Crippen LogP) is 4.10. The summed E-state index contributed by atoms with van der Waals surface area (Å²) in [6, 6.07) is 9.45. The summed E-state index contributed by atoms with van der Waals surface area (Å²) in [5.41, 5.74) is 2.05. The van der Waals surface area contributed by atoms with Crippen molar-refractivity contribution in [2.45, 2.75) is 40.3 Å². The Morgan fingerprint density at radius 3 is 2.38 bits per heavy atom. The van der Waals surface area contributed by atoms with Crippen LogP contribution in [0.1, 0.15) is 42.5 Å². The average Bonchev–Trinajstić information content (AvgIpc) is 2.88. The van der Waals surface area contributed by atoms with Gasteiger partial charge in [-0.3, -0.25) is 0 Å². The SMILES string of the molecule is COc1ccc(C(NC(=O)NCc2cc(C)oc2C)C(C)C)cc1. The number of furan rings is 1. The molecule has 1 aromatic carbocycles. The molecule has 0 spiro atoms. The molecule has 130 valence electrons. The zero-order valence-electron chi connectivity index (χ0n) is 15.0. The summed E-state index contributed by atoms with van der Waals surface area (Å²) in [4.78, 5) is 12.3. The summed E-state index contributed by atoms with van der Waals surface area (Å²) in [5.74, 6) is 2.75. The van der Waals surface area contributed by atoms with Gasteiger partial charge in [-0.25, -0.2) is 4.79 Å². The van der Waals surface area contributed by atoms with E-state index in [9.17, 15) is 4.79 Å². The van der Waals surface area contributed by atoms with Gasteiger partial charge in [0, 0.05) is 12.1 Å². The van der Waals surface area contributed by atoms with Crippen molar-refractivity contribution in [2.24, 2.45) is 5.92 Å². The molecule has 1 heterocycles. The van der Waals surface area contributed by atoms with E-state index in [0.29, 0.717) is 6.54 Å². The van der Waals surface area contributed by atoms with E-state index in [1.807, 2.05) is 44.2 Å². The van der Waals surface area contributed by atoms with Gasteiger partial charge in [0.2, 0.25) is 0 Å². The Hall–Kier alpha value is -2.43. The molecule has 2 rings (SSSR count). The number of rotatable bonds is 6. The summed E-state index contributed by atoms with van der Waals surface area (Å²) < 4.78 is 10.7. The van der Waals surface area contributed by atoms with Crippen molar-refractivity contribution in [1.29, 1.82) is 0 Å². The molecule has 24 heavy (non-hydrogen) atoms. The van der Waals surface area contributed by atoms with E-state index in [1.165, 1.54) is 0 Å². The summed E-state index contributed by atoms with van der Waals surface area (Å²) >= 11 is 0. The largest absolute Gasteiger partial charge is 0.497 e. The molecule has 1 unspecified atom stereocenters. The van der Waals surface area contributed by atoms with Crippen LogP contribution in [0.2, 0.25) is 0 Å². The molecular weight excluding hydrogens is 304 g/mol. The molecular formula is C19H26N2O3.